The summed E-state index contributed by atoms with van der Waals surface area (Å²) in [5, 5.41) is 58.4. The summed E-state index contributed by atoms with van der Waals surface area (Å²) in [5.74, 6) is -4.29. The van der Waals surface area contributed by atoms with Gasteiger partial charge in [-0.1, -0.05) is 152 Å². The Balaban J connectivity index is 0.000000181. The Kier molecular flexibility index (Phi) is 40.2. The van der Waals surface area contributed by atoms with Crippen molar-refractivity contribution in [3.8, 4) is 47.5 Å². The monoisotopic (exact) mass is 2020 g/mol. The fraction of sp³-hybridized carbons (Fsp3) is 0.486. The highest BCUT2D eigenvalue weighted by molar-refractivity contribution is 7.14. The number of aryl methyl sites for hydroxylation is 4. The number of thiazole rings is 4. The summed E-state index contributed by atoms with van der Waals surface area (Å²) in [7, 11) is 1.52. The summed E-state index contributed by atoms with van der Waals surface area (Å²) in [6.45, 7) is 29.8. The molecule has 0 aliphatic carbocycles. The number of methoxy groups -OCH3 is 1. The number of morpholine rings is 1. The number of Topliss-reactive ketones (excluding diaryl/α,β-unsaturated/α-hetero) is 3. The van der Waals surface area contributed by atoms with E-state index in [1.54, 1.807) is 83.5 Å². The van der Waals surface area contributed by atoms with Crippen molar-refractivity contribution in [1.29, 1.82) is 0 Å². The first-order chi connectivity index (χ1) is 67.6. The molecule has 0 spiro atoms. The smallest absolute Gasteiger partial charge is 0.252 e. The minimum atomic E-state index is -0.887. The molecule has 10 N–H and O–H groups in total. The molecule has 4 aromatic heterocycles. The molecule has 33 nitrogen and oxygen atoms in total. The number of β-amino-alcohol motifs (C(OH)–C–C–N with tert-alkyl or cyclic N) is 4. The molecule has 5 saturated heterocycles. The van der Waals surface area contributed by atoms with Crippen LogP contribution in [0, 0.1) is 56.3 Å². The van der Waals surface area contributed by atoms with E-state index in [2.05, 4.69) is 51.8 Å². The second-order valence-electron chi connectivity index (χ2n) is 38.8. The predicted octanol–water partition coefficient (Wildman–Crippen LogP) is 10.9. The zero-order valence-electron chi connectivity index (χ0n) is 83.3. The van der Waals surface area contributed by atoms with Gasteiger partial charge in [-0.25, -0.2) is 19.9 Å². The molecule has 5 aliphatic rings. The van der Waals surface area contributed by atoms with E-state index in [0.29, 0.717) is 63.9 Å². The van der Waals surface area contributed by atoms with Crippen molar-refractivity contribution in [2.45, 2.75) is 235 Å². The number of hydrogen-bond acceptors (Lipinski definition) is 28. The van der Waals surface area contributed by atoms with E-state index in [9.17, 15) is 78.0 Å². The SMILES string of the molecule is CC(=O)C[C@H](C(=O)N1C[C@H](O)C[C@H]1C(=O)NCc1ccc(-c2scnc2C)cc1)C(C)(C)C.CCOc1cccc(C(=O)N[C@@H](C)C(=O)N2C[C@H](O)C[C@H]2C(=O)NCc2ccc(-c3scnc3C)cc2)c1.COCCC(=O)C[C@@H](C)C(=O)N1C[C@H](O)C[C@H]1C(=O)NCc1ccc(-c2scnc2C)cc1.Cc1ncsc1-c1ccc(CNC(=O)[C@@H]2C[C@@H](O)CN2C(=O)[C@@H](CC(=O)[C@@H]2COCCN2)C(C)(C)C)cc1. The van der Waals surface area contributed by atoms with Gasteiger partial charge >= 0.3 is 0 Å². The van der Waals surface area contributed by atoms with Crippen molar-refractivity contribution >= 4 is 116 Å². The lowest BCUT2D eigenvalue weighted by Gasteiger charge is -2.35. The third-order valence-corrected chi connectivity index (χ3v) is 29.6. The van der Waals surface area contributed by atoms with E-state index in [1.807, 2.05) is 195 Å². The van der Waals surface area contributed by atoms with Crippen LogP contribution >= 0.6 is 45.3 Å². The van der Waals surface area contributed by atoms with Crippen LogP contribution in [0.4, 0.5) is 0 Å². The lowest BCUT2D eigenvalue weighted by atomic mass is 9.76. The van der Waals surface area contributed by atoms with Gasteiger partial charge in [0.2, 0.25) is 47.3 Å². The molecule has 9 amide bonds. The third-order valence-electron chi connectivity index (χ3n) is 25.7. The molecule has 762 valence electrons. The summed E-state index contributed by atoms with van der Waals surface area (Å²) in [5.41, 5.74) is 18.7. The van der Waals surface area contributed by atoms with Crippen molar-refractivity contribution < 1.29 is 92.2 Å². The fourth-order valence-electron chi connectivity index (χ4n) is 17.7. The highest BCUT2D eigenvalue weighted by Gasteiger charge is 2.48. The van der Waals surface area contributed by atoms with Gasteiger partial charge in [0.1, 0.15) is 47.5 Å². The lowest BCUT2D eigenvalue weighted by molar-refractivity contribution is -0.146. The van der Waals surface area contributed by atoms with Crippen LogP contribution in [0.25, 0.3) is 41.8 Å². The molecule has 0 radical (unpaired) electrons. The van der Waals surface area contributed by atoms with Gasteiger partial charge in [0.05, 0.1) is 121 Å². The predicted molar refractivity (Wildman–Crippen MR) is 544 cm³/mol. The van der Waals surface area contributed by atoms with Crippen molar-refractivity contribution in [3.05, 3.63) is 194 Å². The second kappa shape index (κ2) is 51.6. The number of likely N-dealkylation sites (tertiary alicyclic amines) is 4. The summed E-state index contributed by atoms with van der Waals surface area (Å²) in [4.78, 5) is 182. The standard InChI is InChI=1S/C28H38N4O5S.C28H32N4O5S.C25H33N3O4S.C24H31N3O5S/c1-17-25(38-16-31-17)19-7-5-18(6-8-19)13-30-26(35)23-11-20(33)14-32(23)27(36)21(28(2,3)4)12-24(34)22-15-37-10-9-29-22;1-4-37-23-7-5-6-21(12-23)26(34)31-18(3)28(36)32-15-22(33)13-24(32)27(35)29-14-19-8-10-20(11-9-19)25-17(2)30-16-38-25;1-15(29)10-20(25(3,4)5)24(32)28-13-19(30)11-21(28)23(31)26-12-17-6-8-18(9-7-17)22-16(2)27-14-33-22;1-15(10-19(28)8-9-32-3)24(31)27-13-20(29)11-21(27)23(30)25-12-17-4-6-18(7-5-17)22-16(2)26-14-33-22/h5-8,16,20-23,29,33H,9-15H2,1-4H3,(H,30,35);5-12,16,18,22,24,33H,4,13-15H2,1-3H3,(H,29,35)(H,31,34);6-9,14,19-21,30H,10-13H2,1-5H3,(H,26,31);4-7,14-15,20-21,29H,8-13H2,1-3H3,(H,25,30)/t20-,21-,22+,23+;18-,22+,24-;19-,20-,21+;15-,20-,21+/m1011/s1. The lowest BCUT2D eigenvalue weighted by Crippen LogP contribution is -2.52. The van der Waals surface area contributed by atoms with Crippen molar-refractivity contribution in [2.24, 2.45) is 28.6 Å². The molecular weight excluding hydrogens is 1890 g/mol. The van der Waals surface area contributed by atoms with Crippen LogP contribution in [-0.4, -0.2) is 257 Å². The first-order valence-corrected chi connectivity index (χ1v) is 51.5. The van der Waals surface area contributed by atoms with Gasteiger partial charge in [0, 0.05) is 141 Å². The molecule has 14 rings (SSSR count). The van der Waals surface area contributed by atoms with E-state index >= 15 is 0 Å². The summed E-state index contributed by atoms with van der Waals surface area (Å²) < 4.78 is 15.8. The number of nitrogens with one attached hydrogen (secondary N) is 6. The Bertz CT molecular complexity index is 5810. The van der Waals surface area contributed by atoms with E-state index in [-0.39, 0.29) is 143 Å². The number of aromatic nitrogens is 4. The van der Waals surface area contributed by atoms with Crippen LogP contribution in [0.2, 0.25) is 0 Å². The average molecular weight is 2020 g/mol. The molecule has 5 aliphatic heterocycles. The number of amides is 9. The molecule has 5 aromatic carbocycles. The Labute approximate surface area is 845 Å². The Hall–Kier alpha value is -11.6. The van der Waals surface area contributed by atoms with Gasteiger partial charge in [0.25, 0.3) is 5.91 Å². The van der Waals surface area contributed by atoms with Gasteiger partial charge in [-0.2, -0.15) is 0 Å². The van der Waals surface area contributed by atoms with Gasteiger partial charge < -0.3 is 90.9 Å². The first kappa shape index (κ1) is 111. The number of benzene rings is 5. The molecule has 0 unspecified atom stereocenters. The molecule has 9 heterocycles. The highest BCUT2D eigenvalue weighted by atomic mass is 32.1. The highest BCUT2D eigenvalue weighted by Crippen LogP contribution is 2.38. The molecule has 13 atom stereocenters. The number of aliphatic hydroxyl groups is 4. The molecule has 9 aromatic rings. The summed E-state index contributed by atoms with van der Waals surface area (Å²) >= 11 is 6.35. The first-order valence-electron chi connectivity index (χ1n) is 48.0. The van der Waals surface area contributed by atoms with Gasteiger partial charge in [-0.05, 0) is 122 Å². The van der Waals surface area contributed by atoms with E-state index in [1.165, 1.54) is 33.6 Å². The maximum Gasteiger partial charge on any atom is 0.252 e. The number of aliphatic hydroxyl groups excluding tert-OH is 4. The van der Waals surface area contributed by atoms with Crippen molar-refractivity contribution in [2.75, 3.05) is 66.3 Å². The van der Waals surface area contributed by atoms with Crippen LogP contribution < -0.4 is 36.6 Å². The van der Waals surface area contributed by atoms with Crippen LogP contribution in [0.3, 0.4) is 0 Å². The summed E-state index contributed by atoms with van der Waals surface area (Å²) in [6, 6.07) is 33.9. The van der Waals surface area contributed by atoms with Crippen molar-refractivity contribution in [1.82, 2.24) is 71.4 Å². The number of carbonyl (C=O) groups excluding carboxylic acids is 12. The van der Waals surface area contributed by atoms with Gasteiger partial charge in [-0.15, -0.1) is 45.3 Å². The Morgan fingerprint density at radius 3 is 1.13 bits per heavy atom. The van der Waals surface area contributed by atoms with Crippen LogP contribution in [0.5, 0.6) is 5.75 Å². The number of ether oxygens (including phenoxy) is 3. The molecule has 142 heavy (non-hydrogen) atoms. The Morgan fingerprint density at radius 2 is 0.824 bits per heavy atom. The van der Waals surface area contributed by atoms with E-state index in [0.717, 1.165) is 86.8 Å². The van der Waals surface area contributed by atoms with Crippen LogP contribution in [0.15, 0.2) is 143 Å². The molecule has 37 heteroatoms. The van der Waals surface area contributed by atoms with Crippen LogP contribution in [-0.2, 0) is 88.4 Å². The van der Waals surface area contributed by atoms with Crippen molar-refractivity contribution in [3.63, 3.8) is 0 Å². The molecule has 0 saturated carbocycles. The largest absolute Gasteiger partial charge is 0.494 e. The molecular formula is C105H134N14O19S4. The zero-order chi connectivity index (χ0) is 103. The van der Waals surface area contributed by atoms with E-state index < -0.39 is 101 Å². The number of ketones is 3. The minimum Gasteiger partial charge on any atom is -0.494 e. The normalized spacial score (nSPS) is 19.7. The zero-order valence-corrected chi connectivity index (χ0v) is 86.6. The topological polar surface area (TPSA) is 450 Å². The molecule has 5 fully saturated rings. The van der Waals surface area contributed by atoms with Gasteiger partial charge in [0.15, 0.2) is 5.78 Å². The number of rotatable bonds is 34. The Morgan fingerprint density at radius 1 is 0.479 bits per heavy atom. The quantitative estimate of drug-likeness (QED) is 0.0179. The number of hydrogen-bond donors (Lipinski definition) is 10. The van der Waals surface area contributed by atoms with Gasteiger partial charge in [-0.3, -0.25) is 52.7 Å². The number of carbonyl (C=O) groups is 12. The minimum absolute atomic E-state index is 0.0276. The average Bonchev–Trinajstić information content (AvgIpc) is 1.63. The number of nitrogens with zero attached hydrogens (tertiary/aromatic N) is 8. The maximum atomic E-state index is 13.7. The maximum absolute atomic E-state index is 13.7. The van der Waals surface area contributed by atoms with E-state index in [4.69, 9.17) is 14.2 Å². The fourth-order valence-corrected chi connectivity index (χ4v) is 21.0. The second-order valence-corrected chi connectivity index (χ2v) is 42.3. The molecule has 0 bridgehead atoms. The third kappa shape index (κ3) is 30.5. The summed E-state index contributed by atoms with van der Waals surface area (Å²) in [6.07, 6.45) is -1.93. The van der Waals surface area contributed by atoms with Crippen LogP contribution in [0.1, 0.15) is 176 Å².